The summed E-state index contributed by atoms with van der Waals surface area (Å²) < 4.78 is 84.0. The number of sulfonamides is 1. The summed E-state index contributed by atoms with van der Waals surface area (Å²) >= 11 is 0. The van der Waals surface area contributed by atoms with Gasteiger partial charge >= 0.3 is 0 Å². The first kappa shape index (κ1) is 27.7. The normalized spacial score (nSPS) is 17.6. The van der Waals surface area contributed by atoms with Gasteiger partial charge in [0.25, 0.3) is 0 Å². The van der Waals surface area contributed by atoms with Crippen LogP contribution < -0.4 is 15.4 Å². The molecule has 5 rings (SSSR count). The molecule has 0 saturated carbocycles. The standard InChI is InChI=1S/C27H26F4N6O2S/c28-10-17-6-20(13-32-12-17)34-27-33-14-24-25(36-27)19(11-29)9-23(35-24)18-7-21(30)26(22(31)8-18)37-40(38,39)15-16-4-2-1-3-5-16/h1-5,7-9,14,17,20,32,37H,6,10-13,15H2,(H,33,34,36)/t17-,20+/m1/s1. The molecule has 1 saturated heterocycles. The zero-order valence-corrected chi connectivity index (χ0v) is 22.0. The third-order valence-corrected chi connectivity index (χ3v) is 7.79. The SMILES string of the molecule is O=S(=O)(Cc1ccccc1)Nc1c(F)cc(-c2cc(CF)c3nc(N[C@@H]4CNC[C@@H](CF)C4)ncc3n2)cc1F. The second kappa shape index (κ2) is 11.7. The van der Waals surface area contributed by atoms with Crippen molar-refractivity contribution in [1.82, 2.24) is 20.3 Å². The number of halogens is 4. The molecule has 1 aliphatic heterocycles. The van der Waals surface area contributed by atoms with Crippen LogP contribution in [0.2, 0.25) is 0 Å². The molecule has 2 atom stereocenters. The quantitative estimate of drug-likeness (QED) is 0.248. The molecule has 0 unspecified atom stereocenters. The molecule has 2 aromatic heterocycles. The fourth-order valence-electron chi connectivity index (χ4n) is 4.65. The Hall–Kier alpha value is -3.84. The summed E-state index contributed by atoms with van der Waals surface area (Å²) in [5, 5.41) is 6.28. The van der Waals surface area contributed by atoms with Gasteiger partial charge in [-0.05, 0) is 30.2 Å². The molecule has 13 heteroatoms. The van der Waals surface area contributed by atoms with Crippen LogP contribution in [0.3, 0.4) is 0 Å². The van der Waals surface area contributed by atoms with E-state index in [0.29, 0.717) is 25.1 Å². The van der Waals surface area contributed by atoms with Gasteiger partial charge in [-0.1, -0.05) is 30.3 Å². The zero-order valence-electron chi connectivity index (χ0n) is 21.2. The molecule has 3 heterocycles. The summed E-state index contributed by atoms with van der Waals surface area (Å²) in [5.74, 6) is -2.67. The zero-order chi connectivity index (χ0) is 28.3. The Balaban J connectivity index is 1.40. The maximum Gasteiger partial charge on any atom is 0.237 e. The number of nitrogens with one attached hydrogen (secondary N) is 3. The summed E-state index contributed by atoms with van der Waals surface area (Å²) in [6, 6.07) is 11.3. The monoisotopic (exact) mass is 574 g/mol. The average Bonchev–Trinajstić information content (AvgIpc) is 2.94. The number of hydrogen-bond acceptors (Lipinski definition) is 7. The number of anilines is 2. The molecular weight excluding hydrogens is 548 g/mol. The predicted octanol–water partition coefficient (Wildman–Crippen LogP) is 4.74. The number of fused-ring (bicyclic) bond motifs is 1. The molecule has 3 N–H and O–H groups in total. The number of rotatable bonds is 9. The first-order valence-corrected chi connectivity index (χ1v) is 14.2. The third kappa shape index (κ3) is 6.31. The number of piperidine rings is 1. The number of nitrogens with zero attached hydrogens (tertiary/aromatic N) is 3. The lowest BCUT2D eigenvalue weighted by atomic mass is 9.97. The van der Waals surface area contributed by atoms with Gasteiger partial charge in [-0.2, -0.15) is 0 Å². The van der Waals surface area contributed by atoms with Gasteiger partial charge in [0, 0.05) is 36.2 Å². The van der Waals surface area contributed by atoms with Gasteiger partial charge in [0.05, 0.1) is 24.3 Å². The van der Waals surface area contributed by atoms with Gasteiger partial charge in [-0.25, -0.2) is 36.5 Å². The molecule has 4 aromatic rings. The fourth-order valence-corrected chi connectivity index (χ4v) is 5.86. The van der Waals surface area contributed by atoms with Gasteiger partial charge in [0.2, 0.25) is 16.0 Å². The lowest BCUT2D eigenvalue weighted by Gasteiger charge is -2.29. The molecule has 8 nitrogen and oxygen atoms in total. The van der Waals surface area contributed by atoms with Gasteiger partial charge in [-0.15, -0.1) is 0 Å². The van der Waals surface area contributed by atoms with E-state index in [1.807, 2.05) is 4.72 Å². The van der Waals surface area contributed by atoms with Crippen LogP contribution >= 0.6 is 0 Å². The van der Waals surface area contributed by atoms with Crippen molar-refractivity contribution in [2.24, 2.45) is 5.92 Å². The lowest BCUT2D eigenvalue weighted by Crippen LogP contribution is -2.44. The molecule has 1 aliphatic rings. The van der Waals surface area contributed by atoms with E-state index in [1.165, 1.54) is 12.3 Å². The molecule has 40 heavy (non-hydrogen) atoms. The van der Waals surface area contributed by atoms with Crippen molar-refractivity contribution in [1.29, 1.82) is 0 Å². The van der Waals surface area contributed by atoms with Crippen LogP contribution in [0.4, 0.5) is 29.2 Å². The van der Waals surface area contributed by atoms with E-state index in [9.17, 15) is 26.0 Å². The van der Waals surface area contributed by atoms with Crippen LogP contribution in [0, 0.1) is 17.6 Å². The molecule has 1 fully saturated rings. The van der Waals surface area contributed by atoms with Crippen LogP contribution in [-0.2, 0) is 22.5 Å². The Kier molecular flexibility index (Phi) is 8.12. The van der Waals surface area contributed by atoms with E-state index in [-0.39, 0.29) is 45.8 Å². The van der Waals surface area contributed by atoms with Crippen LogP contribution in [0.25, 0.3) is 22.3 Å². The van der Waals surface area contributed by atoms with Crippen LogP contribution in [0.1, 0.15) is 17.5 Å². The Morgan fingerprint density at radius 3 is 2.45 bits per heavy atom. The summed E-state index contributed by atoms with van der Waals surface area (Å²) in [6.45, 7) is -0.182. The maximum atomic E-state index is 15.0. The van der Waals surface area contributed by atoms with Crippen LogP contribution in [0.15, 0.2) is 54.7 Å². The summed E-state index contributed by atoms with van der Waals surface area (Å²) in [6.07, 6.45) is 1.96. The van der Waals surface area contributed by atoms with E-state index in [2.05, 4.69) is 25.6 Å². The highest BCUT2D eigenvalue weighted by Crippen LogP contribution is 2.30. The van der Waals surface area contributed by atoms with Crippen molar-refractivity contribution in [3.05, 3.63) is 77.5 Å². The second-order valence-electron chi connectivity index (χ2n) is 9.64. The highest BCUT2D eigenvalue weighted by atomic mass is 32.2. The van der Waals surface area contributed by atoms with Crippen molar-refractivity contribution < 1.29 is 26.0 Å². The predicted molar refractivity (Wildman–Crippen MR) is 145 cm³/mol. The first-order valence-electron chi connectivity index (χ1n) is 12.5. The Labute approximate surface area is 228 Å². The van der Waals surface area contributed by atoms with Crippen LogP contribution in [-0.4, -0.2) is 49.2 Å². The smallest absolute Gasteiger partial charge is 0.237 e. The topological polar surface area (TPSA) is 109 Å². The minimum Gasteiger partial charge on any atom is -0.350 e. The Morgan fingerprint density at radius 1 is 1.00 bits per heavy atom. The van der Waals surface area contributed by atoms with Crippen molar-refractivity contribution in [3.63, 3.8) is 0 Å². The van der Waals surface area contributed by atoms with Crippen LogP contribution in [0.5, 0.6) is 0 Å². The highest BCUT2D eigenvalue weighted by molar-refractivity contribution is 7.91. The molecule has 0 radical (unpaired) electrons. The Bertz CT molecular complexity index is 1600. The number of hydrogen-bond donors (Lipinski definition) is 3. The number of benzene rings is 2. The molecule has 210 valence electrons. The first-order chi connectivity index (χ1) is 19.2. The lowest BCUT2D eigenvalue weighted by molar-refractivity contribution is 0.282. The van der Waals surface area contributed by atoms with Gasteiger partial charge in [0.15, 0.2) is 11.6 Å². The highest BCUT2D eigenvalue weighted by Gasteiger charge is 2.23. The minimum atomic E-state index is -4.11. The molecule has 2 aromatic carbocycles. The van der Waals surface area contributed by atoms with Gasteiger partial charge in [0.1, 0.15) is 23.4 Å². The second-order valence-corrected chi connectivity index (χ2v) is 11.4. The minimum absolute atomic E-state index is 0.0228. The van der Waals surface area contributed by atoms with E-state index < -0.39 is 46.4 Å². The van der Waals surface area contributed by atoms with Crippen molar-refractivity contribution in [3.8, 4) is 11.3 Å². The van der Waals surface area contributed by atoms with Gasteiger partial charge < -0.3 is 10.6 Å². The summed E-state index contributed by atoms with van der Waals surface area (Å²) in [7, 11) is -4.11. The molecular formula is C27H26F4N6O2S. The number of pyridine rings is 1. The van der Waals surface area contributed by atoms with Crippen molar-refractivity contribution in [2.75, 3.05) is 29.8 Å². The maximum absolute atomic E-state index is 15.0. The molecule has 0 amide bonds. The van der Waals surface area contributed by atoms with Crippen molar-refractivity contribution >= 4 is 32.7 Å². The number of aromatic nitrogens is 3. The fraction of sp³-hybridized carbons (Fsp3) is 0.296. The summed E-state index contributed by atoms with van der Waals surface area (Å²) in [4.78, 5) is 13.0. The van der Waals surface area contributed by atoms with Crippen molar-refractivity contribution in [2.45, 2.75) is 24.9 Å². The Morgan fingerprint density at radius 2 is 1.75 bits per heavy atom. The third-order valence-electron chi connectivity index (χ3n) is 6.56. The largest absolute Gasteiger partial charge is 0.350 e. The molecule has 0 aliphatic carbocycles. The van der Waals surface area contributed by atoms with E-state index >= 15 is 0 Å². The summed E-state index contributed by atoms with van der Waals surface area (Å²) in [5.41, 5.74) is 0.216. The molecule has 0 bridgehead atoms. The van der Waals surface area contributed by atoms with E-state index in [1.54, 1.807) is 30.3 Å². The van der Waals surface area contributed by atoms with Gasteiger partial charge in [-0.3, -0.25) is 9.11 Å². The average molecular weight is 575 g/mol. The number of alkyl halides is 2. The van der Waals surface area contributed by atoms with E-state index in [0.717, 1.165) is 12.1 Å². The van der Waals surface area contributed by atoms with E-state index in [4.69, 9.17) is 0 Å². The molecule has 0 spiro atoms.